The van der Waals surface area contributed by atoms with E-state index in [-0.39, 0.29) is 5.57 Å². The highest BCUT2D eigenvalue weighted by Crippen LogP contribution is 2.26. The third kappa shape index (κ3) is 5.61. The minimum atomic E-state index is -0.414. The lowest BCUT2D eigenvalue weighted by molar-refractivity contribution is -0.112. The van der Waals surface area contributed by atoms with E-state index in [9.17, 15) is 10.1 Å². The Hall–Kier alpha value is -3.26. The maximum atomic E-state index is 12.6. The van der Waals surface area contributed by atoms with Crippen molar-refractivity contribution in [3.05, 3.63) is 71.4 Å². The highest BCUT2D eigenvalue weighted by molar-refractivity contribution is 6.07. The Morgan fingerprint density at radius 1 is 1.24 bits per heavy atom. The van der Waals surface area contributed by atoms with E-state index in [2.05, 4.69) is 34.5 Å². The third-order valence-electron chi connectivity index (χ3n) is 5.30. The van der Waals surface area contributed by atoms with E-state index in [4.69, 9.17) is 4.74 Å². The van der Waals surface area contributed by atoms with Gasteiger partial charge in [-0.05, 0) is 55.4 Å². The van der Waals surface area contributed by atoms with Gasteiger partial charge < -0.3 is 15.0 Å². The van der Waals surface area contributed by atoms with Crippen LogP contribution in [0.2, 0.25) is 0 Å². The van der Waals surface area contributed by atoms with Crippen molar-refractivity contribution in [1.29, 1.82) is 5.26 Å². The third-order valence-corrected chi connectivity index (χ3v) is 5.30. The Morgan fingerprint density at radius 3 is 2.62 bits per heavy atom. The second-order valence-corrected chi connectivity index (χ2v) is 7.48. The minimum absolute atomic E-state index is 0.107. The van der Waals surface area contributed by atoms with Crippen molar-refractivity contribution in [2.45, 2.75) is 26.2 Å². The van der Waals surface area contributed by atoms with Gasteiger partial charge in [-0.25, -0.2) is 0 Å². The molecule has 0 bridgehead atoms. The number of rotatable bonds is 6. The number of anilines is 1. The topological polar surface area (TPSA) is 65.4 Å². The van der Waals surface area contributed by atoms with Crippen LogP contribution >= 0.6 is 0 Å². The van der Waals surface area contributed by atoms with Gasteiger partial charge in [0.2, 0.25) is 0 Å². The Bertz CT molecular complexity index is 907. The standard InChI is InChI=1S/C24H27N3O2/c1-18-8-9-23(29-2)22(14-18)26-24(28)21(16-25)17-27-12-10-20(11-13-27)15-19-6-4-3-5-7-19/h3-9,14,17,20H,10-13,15H2,1-2H3,(H,26,28)/b21-17-. The van der Waals surface area contributed by atoms with Crippen LogP contribution in [0.25, 0.3) is 0 Å². The van der Waals surface area contributed by atoms with Crippen molar-refractivity contribution in [3.63, 3.8) is 0 Å². The van der Waals surface area contributed by atoms with Gasteiger partial charge in [-0.1, -0.05) is 36.4 Å². The summed E-state index contributed by atoms with van der Waals surface area (Å²) in [4.78, 5) is 14.7. The van der Waals surface area contributed by atoms with E-state index in [0.29, 0.717) is 17.4 Å². The molecule has 0 radical (unpaired) electrons. The van der Waals surface area contributed by atoms with Gasteiger partial charge in [0.25, 0.3) is 5.91 Å². The molecule has 29 heavy (non-hydrogen) atoms. The normalized spacial score (nSPS) is 14.9. The van der Waals surface area contributed by atoms with Crippen molar-refractivity contribution < 1.29 is 9.53 Å². The quantitative estimate of drug-likeness (QED) is 0.591. The van der Waals surface area contributed by atoms with Gasteiger partial charge in [0, 0.05) is 19.3 Å². The van der Waals surface area contributed by atoms with Crippen LogP contribution in [0.3, 0.4) is 0 Å². The second kappa shape index (κ2) is 9.79. The first kappa shape index (κ1) is 20.5. The zero-order valence-corrected chi connectivity index (χ0v) is 17.0. The van der Waals surface area contributed by atoms with E-state index < -0.39 is 5.91 Å². The lowest BCUT2D eigenvalue weighted by Gasteiger charge is -2.31. The zero-order chi connectivity index (χ0) is 20.6. The number of amides is 1. The molecular weight excluding hydrogens is 362 g/mol. The number of nitrogens with one attached hydrogen (secondary N) is 1. The molecule has 1 aliphatic rings. The molecule has 0 aromatic heterocycles. The number of hydrogen-bond acceptors (Lipinski definition) is 4. The summed E-state index contributed by atoms with van der Waals surface area (Å²) in [6.07, 6.45) is 4.88. The summed E-state index contributed by atoms with van der Waals surface area (Å²) in [5.74, 6) is 0.795. The van der Waals surface area contributed by atoms with Crippen LogP contribution in [0.4, 0.5) is 5.69 Å². The fraction of sp³-hybridized carbons (Fsp3) is 0.333. The van der Waals surface area contributed by atoms with Crippen molar-refractivity contribution in [1.82, 2.24) is 4.90 Å². The van der Waals surface area contributed by atoms with Gasteiger partial charge in [-0.3, -0.25) is 4.79 Å². The van der Waals surface area contributed by atoms with E-state index in [1.54, 1.807) is 19.4 Å². The molecule has 2 aromatic rings. The zero-order valence-electron chi connectivity index (χ0n) is 17.0. The van der Waals surface area contributed by atoms with Crippen molar-refractivity contribution in [3.8, 4) is 11.8 Å². The predicted octanol–water partition coefficient (Wildman–Crippen LogP) is 4.30. The highest BCUT2D eigenvalue weighted by atomic mass is 16.5. The molecule has 1 fully saturated rings. The average Bonchev–Trinajstić information content (AvgIpc) is 2.74. The minimum Gasteiger partial charge on any atom is -0.495 e. The number of nitriles is 1. The largest absolute Gasteiger partial charge is 0.495 e. The molecule has 1 N–H and O–H groups in total. The van der Waals surface area contributed by atoms with Crippen molar-refractivity contribution in [2.75, 3.05) is 25.5 Å². The lowest BCUT2D eigenvalue weighted by atomic mass is 9.90. The number of nitrogens with zero attached hydrogens (tertiary/aromatic N) is 2. The van der Waals surface area contributed by atoms with E-state index >= 15 is 0 Å². The molecule has 1 heterocycles. The molecule has 1 saturated heterocycles. The molecule has 0 spiro atoms. The van der Waals surface area contributed by atoms with Crippen LogP contribution in [-0.4, -0.2) is 31.0 Å². The first-order valence-electron chi connectivity index (χ1n) is 9.95. The molecule has 5 nitrogen and oxygen atoms in total. The number of methoxy groups -OCH3 is 1. The van der Waals surface area contributed by atoms with Crippen molar-refractivity contribution >= 4 is 11.6 Å². The molecule has 0 unspecified atom stereocenters. The monoisotopic (exact) mass is 389 g/mol. The van der Waals surface area contributed by atoms with E-state index in [0.717, 1.165) is 37.9 Å². The number of piperidine rings is 1. The van der Waals surface area contributed by atoms with Gasteiger partial charge in [0.1, 0.15) is 17.4 Å². The fourth-order valence-electron chi connectivity index (χ4n) is 3.66. The molecule has 1 amide bonds. The summed E-state index contributed by atoms with van der Waals surface area (Å²) in [6.45, 7) is 3.64. The number of hydrogen-bond donors (Lipinski definition) is 1. The SMILES string of the molecule is COc1ccc(C)cc1NC(=O)/C(C#N)=C\N1CCC(Cc2ccccc2)CC1. The van der Waals surface area contributed by atoms with Crippen LogP contribution in [0.1, 0.15) is 24.0 Å². The van der Waals surface area contributed by atoms with Crippen LogP contribution < -0.4 is 10.1 Å². The van der Waals surface area contributed by atoms with Crippen LogP contribution in [0.15, 0.2) is 60.3 Å². The Morgan fingerprint density at radius 2 is 1.97 bits per heavy atom. The number of aryl methyl sites for hydroxylation is 1. The van der Waals surface area contributed by atoms with Crippen LogP contribution in [-0.2, 0) is 11.2 Å². The first-order chi connectivity index (χ1) is 14.1. The summed E-state index contributed by atoms with van der Waals surface area (Å²) in [6, 6.07) is 18.1. The van der Waals surface area contributed by atoms with E-state index in [1.165, 1.54) is 5.56 Å². The van der Waals surface area contributed by atoms with Gasteiger partial charge >= 0.3 is 0 Å². The average molecular weight is 389 g/mol. The number of carbonyl (C=O) groups excluding carboxylic acids is 1. The molecule has 3 rings (SSSR count). The molecule has 0 saturated carbocycles. The Balaban J connectivity index is 1.60. The summed E-state index contributed by atoms with van der Waals surface area (Å²) in [5, 5.41) is 12.3. The summed E-state index contributed by atoms with van der Waals surface area (Å²) < 4.78 is 5.30. The molecule has 0 atom stereocenters. The fourth-order valence-corrected chi connectivity index (χ4v) is 3.66. The summed E-state index contributed by atoms with van der Waals surface area (Å²) in [5.41, 5.74) is 3.05. The number of carbonyl (C=O) groups is 1. The number of ether oxygens (including phenoxy) is 1. The van der Waals surface area contributed by atoms with Gasteiger partial charge in [0.15, 0.2) is 0 Å². The van der Waals surface area contributed by atoms with Gasteiger partial charge in [-0.2, -0.15) is 5.26 Å². The van der Waals surface area contributed by atoms with Crippen molar-refractivity contribution in [2.24, 2.45) is 5.92 Å². The Labute approximate surface area is 172 Å². The molecular formula is C24H27N3O2. The first-order valence-corrected chi connectivity index (χ1v) is 9.95. The summed E-state index contributed by atoms with van der Waals surface area (Å²) in [7, 11) is 1.56. The smallest absolute Gasteiger partial charge is 0.267 e. The molecule has 0 aliphatic carbocycles. The number of likely N-dealkylation sites (tertiary alicyclic amines) is 1. The lowest BCUT2D eigenvalue weighted by Crippen LogP contribution is -2.31. The molecule has 150 valence electrons. The summed E-state index contributed by atoms with van der Waals surface area (Å²) >= 11 is 0. The second-order valence-electron chi connectivity index (χ2n) is 7.48. The molecule has 5 heteroatoms. The van der Waals surface area contributed by atoms with Gasteiger partial charge in [0.05, 0.1) is 12.8 Å². The highest BCUT2D eigenvalue weighted by Gasteiger charge is 2.20. The molecule has 2 aromatic carbocycles. The predicted molar refractivity (Wildman–Crippen MR) is 114 cm³/mol. The van der Waals surface area contributed by atoms with Crippen LogP contribution in [0, 0.1) is 24.2 Å². The number of benzene rings is 2. The molecule has 1 aliphatic heterocycles. The maximum Gasteiger partial charge on any atom is 0.267 e. The van der Waals surface area contributed by atoms with E-state index in [1.807, 2.05) is 31.2 Å². The maximum absolute atomic E-state index is 12.6. The van der Waals surface area contributed by atoms with Crippen LogP contribution in [0.5, 0.6) is 5.75 Å². The van der Waals surface area contributed by atoms with Gasteiger partial charge in [-0.15, -0.1) is 0 Å². The Kier molecular flexibility index (Phi) is 6.91.